The summed E-state index contributed by atoms with van der Waals surface area (Å²) in [6.07, 6.45) is -1.14. The normalized spacial score (nSPS) is 11.7. The Balaban J connectivity index is 2.21. The molecular weight excluding hydrogens is 298 g/mol. The first-order valence-electron chi connectivity index (χ1n) is 7.41. The molecule has 2 aromatic heterocycles. The van der Waals surface area contributed by atoms with E-state index in [9.17, 15) is 8.78 Å². The first-order valence-corrected chi connectivity index (χ1v) is 7.41. The highest BCUT2D eigenvalue weighted by Gasteiger charge is 2.21. The van der Waals surface area contributed by atoms with Crippen molar-refractivity contribution >= 4 is 11.0 Å². The molecule has 23 heavy (non-hydrogen) atoms. The standard InChI is InChI=1S/C17H18F2N4/c1-22(2)10-11-23-17-14(13(16(18)19)8-9-20-17)15(21-23)12-6-4-3-5-7-12/h3-9,16H,10-11H2,1-2H3. The number of rotatable bonds is 5. The molecular formula is C17H18F2N4. The smallest absolute Gasteiger partial charge is 0.264 e. The molecule has 6 heteroatoms. The molecule has 1 aromatic carbocycles. The van der Waals surface area contributed by atoms with E-state index in [1.54, 1.807) is 4.68 Å². The summed E-state index contributed by atoms with van der Waals surface area (Å²) in [6, 6.07) is 10.8. The second-order valence-corrected chi connectivity index (χ2v) is 5.64. The monoisotopic (exact) mass is 316 g/mol. The maximum Gasteiger partial charge on any atom is 0.264 e. The molecule has 0 bridgehead atoms. The molecule has 0 aliphatic rings. The predicted octanol–water partition coefficient (Wildman–Crippen LogP) is 3.60. The minimum atomic E-state index is -2.56. The molecule has 120 valence electrons. The van der Waals surface area contributed by atoms with Crippen molar-refractivity contribution in [3.05, 3.63) is 48.2 Å². The van der Waals surface area contributed by atoms with Gasteiger partial charge in [0.1, 0.15) is 5.69 Å². The van der Waals surface area contributed by atoms with E-state index in [2.05, 4.69) is 10.1 Å². The summed E-state index contributed by atoms with van der Waals surface area (Å²) in [6.45, 7) is 1.35. The van der Waals surface area contributed by atoms with Crippen LogP contribution in [0.5, 0.6) is 0 Å². The van der Waals surface area contributed by atoms with Crippen molar-refractivity contribution in [3.63, 3.8) is 0 Å². The zero-order valence-corrected chi connectivity index (χ0v) is 13.1. The average Bonchev–Trinajstić information content (AvgIpc) is 2.92. The second-order valence-electron chi connectivity index (χ2n) is 5.64. The summed E-state index contributed by atoms with van der Waals surface area (Å²) in [4.78, 5) is 6.32. The fraction of sp³-hybridized carbons (Fsp3) is 0.294. The number of pyridine rings is 1. The van der Waals surface area contributed by atoms with Crippen LogP contribution >= 0.6 is 0 Å². The lowest BCUT2D eigenvalue weighted by atomic mass is 10.1. The highest BCUT2D eigenvalue weighted by molar-refractivity contribution is 5.94. The fourth-order valence-electron chi connectivity index (χ4n) is 2.55. The van der Waals surface area contributed by atoms with E-state index in [0.717, 1.165) is 12.1 Å². The van der Waals surface area contributed by atoms with Crippen LogP contribution in [0.3, 0.4) is 0 Å². The van der Waals surface area contributed by atoms with Crippen molar-refractivity contribution in [1.82, 2.24) is 19.7 Å². The van der Waals surface area contributed by atoms with Crippen LogP contribution in [0.4, 0.5) is 8.78 Å². The van der Waals surface area contributed by atoms with Gasteiger partial charge in [-0.2, -0.15) is 5.10 Å². The van der Waals surface area contributed by atoms with Gasteiger partial charge in [0.15, 0.2) is 5.65 Å². The topological polar surface area (TPSA) is 34.0 Å². The number of alkyl halides is 2. The molecule has 0 aliphatic heterocycles. The number of aromatic nitrogens is 3. The summed E-state index contributed by atoms with van der Waals surface area (Å²) >= 11 is 0. The molecule has 4 nitrogen and oxygen atoms in total. The summed E-state index contributed by atoms with van der Waals surface area (Å²) in [7, 11) is 3.92. The zero-order valence-electron chi connectivity index (χ0n) is 13.1. The molecule has 0 spiro atoms. The molecule has 3 aromatic rings. The first-order chi connectivity index (χ1) is 11.1. The maximum atomic E-state index is 13.4. The lowest BCUT2D eigenvalue weighted by Crippen LogP contribution is -2.19. The second kappa shape index (κ2) is 6.42. The van der Waals surface area contributed by atoms with Gasteiger partial charge in [-0.05, 0) is 20.2 Å². The van der Waals surface area contributed by atoms with Crippen LogP contribution in [-0.2, 0) is 6.54 Å². The van der Waals surface area contributed by atoms with Gasteiger partial charge in [0.05, 0.1) is 11.9 Å². The van der Waals surface area contributed by atoms with Gasteiger partial charge in [-0.1, -0.05) is 30.3 Å². The van der Waals surface area contributed by atoms with Crippen molar-refractivity contribution in [2.24, 2.45) is 0 Å². The van der Waals surface area contributed by atoms with Crippen LogP contribution in [0.1, 0.15) is 12.0 Å². The van der Waals surface area contributed by atoms with Crippen molar-refractivity contribution < 1.29 is 8.78 Å². The van der Waals surface area contributed by atoms with Crippen LogP contribution in [0.2, 0.25) is 0 Å². The number of nitrogens with zero attached hydrogens (tertiary/aromatic N) is 4. The number of fused-ring (bicyclic) bond motifs is 1. The molecule has 3 rings (SSSR count). The Morgan fingerprint density at radius 3 is 2.52 bits per heavy atom. The van der Waals surface area contributed by atoms with E-state index in [4.69, 9.17) is 0 Å². The van der Waals surface area contributed by atoms with Gasteiger partial charge in [0.2, 0.25) is 0 Å². The molecule has 0 saturated heterocycles. The SMILES string of the molecule is CN(C)CCn1nc(-c2ccccc2)c2c(C(F)F)ccnc21. The van der Waals surface area contributed by atoms with Gasteiger partial charge in [-0.25, -0.2) is 18.4 Å². The van der Waals surface area contributed by atoms with Crippen LogP contribution in [0.25, 0.3) is 22.3 Å². The van der Waals surface area contributed by atoms with Crippen LogP contribution < -0.4 is 0 Å². The first kappa shape index (κ1) is 15.6. The van der Waals surface area contributed by atoms with E-state index in [1.165, 1.54) is 12.3 Å². The van der Waals surface area contributed by atoms with Crippen molar-refractivity contribution in [2.75, 3.05) is 20.6 Å². The minimum Gasteiger partial charge on any atom is -0.308 e. The van der Waals surface area contributed by atoms with E-state index >= 15 is 0 Å². The zero-order chi connectivity index (χ0) is 16.4. The largest absolute Gasteiger partial charge is 0.308 e. The third-order valence-corrected chi connectivity index (χ3v) is 3.71. The number of hydrogen-bond acceptors (Lipinski definition) is 3. The van der Waals surface area contributed by atoms with E-state index in [0.29, 0.717) is 23.3 Å². The third-order valence-electron chi connectivity index (χ3n) is 3.71. The van der Waals surface area contributed by atoms with Crippen molar-refractivity contribution in [3.8, 4) is 11.3 Å². The molecule has 0 N–H and O–H groups in total. The van der Waals surface area contributed by atoms with E-state index in [-0.39, 0.29) is 5.56 Å². The predicted molar refractivity (Wildman–Crippen MR) is 86.5 cm³/mol. The van der Waals surface area contributed by atoms with Crippen LogP contribution in [0.15, 0.2) is 42.6 Å². The van der Waals surface area contributed by atoms with Gasteiger partial charge in [-0.15, -0.1) is 0 Å². The quantitative estimate of drug-likeness (QED) is 0.721. The molecule has 0 atom stereocenters. The van der Waals surface area contributed by atoms with Crippen LogP contribution in [0, 0.1) is 0 Å². The highest BCUT2D eigenvalue weighted by Crippen LogP contribution is 2.34. The van der Waals surface area contributed by atoms with Crippen molar-refractivity contribution in [2.45, 2.75) is 13.0 Å². The van der Waals surface area contributed by atoms with Crippen LogP contribution in [-0.4, -0.2) is 40.3 Å². The van der Waals surface area contributed by atoms with Crippen molar-refractivity contribution in [1.29, 1.82) is 0 Å². The number of likely N-dealkylation sites (N-methyl/N-ethyl adjacent to an activating group) is 1. The number of benzene rings is 1. The Kier molecular flexibility index (Phi) is 4.34. The Morgan fingerprint density at radius 2 is 1.87 bits per heavy atom. The van der Waals surface area contributed by atoms with Gasteiger partial charge in [0, 0.05) is 23.9 Å². The van der Waals surface area contributed by atoms with E-state index < -0.39 is 6.43 Å². The Labute approximate surface area is 133 Å². The summed E-state index contributed by atoms with van der Waals surface area (Å²) in [5, 5.41) is 5.01. The molecule has 0 amide bonds. The minimum absolute atomic E-state index is 0.0232. The lowest BCUT2D eigenvalue weighted by Gasteiger charge is -2.09. The summed E-state index contributed by atoms with van der Waals surface area (Å²) < 4.78 is 28.6. The van der Waals surface area contributed by atoms with Gasteiger partial charge in [0.25, 0.3) is 6.43 Å². The molecule has 0 aliphatic carbocycles. The number of hydrogen-bond donors (Lipinski definition) is 0. The Bertz CT molecular complexity index is 797. The molecule has 0 fully saturated rings. The number of halogens is 2. The molecule has 0 unspecified atom stereocenters. The summed E-state index contributed by atoms with van der Waals surface area (Å²) in [5.74, 6) is 0. The average molecular weight is 316 g/mol. The third kappa shape index (κ3) is 3.07. The highest BCUT2D eigenvalue weighted by atomic mass is 19.3. The Morgan fingerprint density at radius 1 is 1.13 bits per heavy atom. The Hall–Kier alpha value is -2.34. The summed E-state index contributed by atoms with van der Waals surface area (Å²) in [5.41, 5.74) is 1.85. The van der Waals surface area contributed by atoms with E-state index in [1.807, 2.05) is 49.3 Å². The fourth-order valence-corrected chi connectivity index (χ4v) is 2.55. The van der Waals surface area contributed by atoms with Gasteiger partial charge in [-0.3, -0.25) is 0 Å². The van der Waals surface area contributed by atoms with Gasteiger partial charge >= 0.3 is 0 Å². The maximum absolute atomic E-state index is 13.4. The lowest BCUT2D eigenvalue weighted by molar-refractivity contribution is 0.153. The molecule has 0 radical (unpaired) electrons. The molecule has 2 heterocycles. The van der Waals surface area contributed by atoms with Gasteiger partial charge < -0.3 is 4.90 Å². The molecule has 0 saturated carbocycles.